The molecule has 0 aliphatic carbocycles. The van der Waals surface area contributed by atoms with Crippen molar-refractivity contribution in [2.75, 3.05) is 5.43 Å². The molecule has 0 saturated carbocycles. The van der Waals surface area contributed by atoms with Gasteiger partial charge >= 0.3 is 0 Å². The van der Waals surface area contributed by atoms with E-state index in [4.69, 9.17) is 11.6 Å². The van der Waals surface area contributed by atoms with Crippen molar-refractivity contribution in [1.82, 2.24) is 5.43 Å². The summed E-state index contributed by atoms with van der Waals surface area (Å²) >= 11 is 5.66. The molecule has 0 fully saturated rings. The van der Waals surface area contributed by atoms with E-state index < -0.39 is 5.82 Å². The maximum Gasteiger partial charge on any atom is 0.235 e. The zero-order valence-electron chi connectivity index (χ0n) is 6.90. The summed E-state index contributed by atoms with van der Waals surface area (Å²) in [5.74, 6) is -0.833. The molecule has 0 aliphatic heterocycles. The van der Waals surface area contributed by atoms with E-state index in [2.05, 4.69) is 10.9 Å². The highest BCUT2D eigenvalue weighted by atomic mass is 35.5. The van der Waals surface area contributed by atoms with Crippen molar-refractivity contribution in [3.05, 3.63) is 29.0 Å². The minimum absolute atomic E-state index is 0.0689. The van der Waals surface area contributed by atoms with Gasteiger partial charge in [-0.2, -0.15) is 0 Å². The molecule has 70 valence electrons. The van der Waals surface area contributed by atoms with Crippen LogP contribution in [0.2, 0.25) is 5.02 Å². The third kappa shape index (κ3) is 2.59. The Morgan fingerprint density at radius 2 is 2.23 bits per heavy atom. The number of benzene rings is 1. The summed E-state index contributed by atoms with van der Waals surface area (Å²) in [7, 11) is 0. The monoisotopic (exact) mass is 202 g/mol. The fourth-order valence-corrected chi connectivity index (χ4v) is 0.978. The molecule has 0 bridgehead atoms. The van der Waals surface area contributed by atoms with Crippen molar-refractivity contribution in [3.8, 4) is 0 Å². The Bertz CT molecular complexity index is 310. The van der Waals surface area contributed by atoms with E-state index >= 15 is 0 Å². The minimum Gasteiger partial charge on any atom is -0.294 e. The molecule has 1 aromatic carbocycles. The number of nitrogens with one attached hydrogen (secondary N) is 2. The summed E-state index contributed by atoms with van der Waals surface area (Å²) in [4.78, 5) is 10.5. The summed E-state index contributed by atoms with van der Waals surface area (Å²) < 4.78 is 13.0. The van der Waals surface area contributed by atoms with Crippen molar-refractivity contribution in [1.29, 1.82) is 0 Å². The van der Waals surface area contributed by atoms with Gasteiger partial charge in [0, 0.05) is 6.92 Å². The van der Waals surface area contributed by atoms with Gasteiger partial charge < -0.3 is 0 Å². The second-order valence-corrected chi connectivity index (χ2v) is 2.81. The molecular formula is C8H8ClFN2O. The zero-order valence-corrected chi connectivity index (χ0v) is 7.65. The molecule has 5 heteroatoms. The first-order valence-electron chi connectivity index (χ1n) is 3.58. The van der Waals surface area contributed by atoms with Gasteiger partial charge in [0.1, 0.15) is 11.5 Å². The van der Waals surface area contributed by atoms with Crippen molar-refractivity contribution in [3.63, 3.8) is 0 Å². The fourth-order valence-electron chi connectivity index (χ4n) is 0.768. The number of hydrogen-bond donors (Lipinski definition) is 2. The summed E-state index contributed by atoms with van der Waals surface area (Å²) in [5.41, 5.74) is 4.67. The van der Waals surface area contributed by atoms with Gasteiger partial charge in [-0.3, -0.25) is 15.6 Å². The molecule has 13 heavy (non-hydrogen) atoms. The molecule has 1 amide bonds. The second-order valence-electron chi connectivity index (χ2n) is 2.40. The van der Waals surface area contributed by atoms with Crippen LogP contribution in [0.3, 0.4) is 0 Å². The molecule has 1 rings (SSSR count). The topological polar surface area (TPSA) is 41.1 Å². The maximum atomic E-state index is 13.0. The first kappa shape index (κ1) is 9.80. The van der Waals surface area contributed by atoms with Crippen molar-refractivity contribution in [2.24, 2.45) is 0 Å². The van der Waals surface area contributed by atoms with Gasteiger partial charge in [-0.05, 0) is 12.1 Å². The van der Waals surface area contributed by atoms with Gasteiger partial charge in [0.15, 0.2) is 0 Å². The second kappa shape index (κ2) is 4.09. The Kier molecular flexibility index (Phi) is 3.08. The fraction of sp³-hybridized carbons (Fsp3) is 0.125. The van der Waals surface area contributed by atoms with Crippen LogP contribution in [0.4, 0.5) is 10.1 Å². The molecule has 0 heterocycles. The average Bonchev–Trinajstić information content (AvgIpc) is 2.03. The molecule has 0 aliphatic rings. The molecule has 2 N–H and O–H groups in total. The largest absolute Gasteiger partial charge is 0.294 e. The summed E-state index contributed by atoms with van der Waals surface area (Å²) in [6.45, 7) is 1.31. The lowest BCUT2D eigenvalue weighted by molar-refractivity contribution is -0.118. The average molecular weight is 203 g/mol. The standard InChI is InChI=1S/C8H8ClFN2O/c1-5(13)11-12-8-6(9)3-2-4-7(8)10/h2-4,12H,1H3,(H,11,13). The Balaban J connectivity index is 2.81. The highest BCUT2D eigenvalue weighted by molar-refractivity contribution is 6.33. The Labute approximate surface area is 79.9 Å². The van der Waals surface area contributed by atoms with Crippen LogP contribution in [-0.4, -0.2) is 5.91 Å². The number of para-hydroxylation sites is 1. The van der Waals surface area contributed by atoms with Gasteiger partial charge in [-0.25, -0.2) is 4.39 Å². The van der Waals surface area contributed by atoms with E-state index in [1.54, 1.807) is 0 Å². The lowest BCUT2D eigenvalue weighted by Gasteiger charge is -2.08. The SMILES string of the molecule is CC(=O)NNc1c(F)cccc1Cl. The predicted octanol–water partition coefficient (Wildman–Crippen LogP) is 1.94. The van der Waals surface area contributed by atoms with E-state index in [0.717, 1.165) is 0 Å². The highest BCUT2D eigenvalue weighted by Crippen LogP contribution is 2.23. The van der Waals surface area contributed by atoms with Crippen LogP contribution in [0.15, 0.2) is 18.2 Å². The molecular weight excluding hydrogens is 195 g/mol. The van der Waals surface area contributed by atoms with Gasteiger partial charge in [0.05, 0.1) is 5.02 Å². The third-order valence-corrected chi connectivity index (χ3v) is 1.64. The van der Waals surface area contributed by atoms with Crippen molar-refractivity contribution in [2.45, 2.75) is 6.92 Å². The molecule has 3 nitrogen and oxygen atoms in total. The first-order chi connectivity index (χ1) is 6.11. The number of hydrogen-bond acceptors (Lipinski definition) is 2. The van der Waals surface area contributed by atoms with Crippen LogP contribution in [0.1, 0.15) is 6.92 Å². The number of halogens is 2. The zero-order chi connectivity index (χ0) is 9.84. The third-order valence-electron chi connectivity index (χ3n) is 1.33. The molecule has 0 unspecified atom stereocenters. The maximum absolute atomic E-state index is 13.0. The van der Waals surface area contributed by atoms with Crippen LogP contribution < -0.4 is 10.9 Å². The van der Waals surface area contributed by atoms with E-state index in [-0.39, 0.29) is 16.6 Å². The summed E-state index contributed by atoms with van der Waals surface area (Å²) in [6, 6.07) is 4.25. The van der Waals surface area contributed by atoms with Crippen LogP contribution >= 0.6 is 11.6 Å². The number of anilines is 1. The lowest BCUT2D eigenvalue weighted by Crippen LogP contribution is -2.27. The van der Waals surface area contributed by atoms with Crippen LogP contribution in [0.5, 0.6) is 0 Å². The Hall–Kier alpha value is -1.29. The summed E-state index contributed by atoms with van der Waals surface area (Å²) in [5, 5.41) is 0.216. The van der Waals surface area contributed by atoms with Crippen molar-refractivity contribution >= 4 is 23.2 Å². The molecule has 1 aromatic rings. The number of rotatable bonds is 2. The van der Waals surface area contributed by atoms with E-state index in [0.29, 0.717) is 0 Å². The number of amides is 1. The van der Waals surface area contributed by atoms with E-state index in [1.807, 2.05) is 0 Å². The van der Waals surface area contributed by atoms with Crippen LogP contribution in [0, 0.1) is 5.82 Å². The summed E-state index contributed by atoms with van der Waals surface area (Å²) in [6.07, 6.45) is 0. The Morgan fingerprint density at radius 3 is 2.77 bits per heavy atom. The van der Waals surface area contributed by atoms with Gasteiger partial charge in [-0.1, -0.05) is 17.7 Å². The molecule has 0 radical (unpaired) electrons. The lowest BCUT2D eigenvalue weighted by atomic mass is 10.3. The Morgan fingerprint density at radius 1 is 1.54 bits per heavy atom. The van der Waals surface area contributed by atoms with Gasteiger partial charge in [0.25, 0.3) is 0 Å². The molecule has 0 spiro atoms. The normalized spacial score (nSPS) is 9.46. The quantitative estimate of drug-likeness (QED) is 0.720. The smallest absolute Gasteiger partial charge is 0.235 e. The van der Waals surface area contributed by atoms with E-state index in [9.17, 15) is 9.18 Å². The molecule has 0 aromatic heterocycles. The predicted molar refractivity (Wildman–Crippen MR) is 48.8 cm³/mol. The van der Waals surface area contributed by atoms with Crippen LogP contribution in [-0.2, 0) is 4.79 Å². The number of carbonyl (C=O) groups is 1. The first-order valence-corrected chi connectivity index (χ1v) is 3.95. The van der Waals surface area contributed by atoms with Gasteiger partial charge in [-0.15, -0.1) is 0 Å². The number of hydrazine groups is 1. The minimum atomic E-state index is -0.513. The van der Waals surface area contributed by atoms with Gasteiger partial charge in [0.2, 0.25) is 5.91 Å². The number of carbonyl (C=O) groups excluding carboxylic acids is 1. The van der Waals surface area contributed by atoms with Crippen molar-refractivity contribution < 1.29 is 9.18 Å². The molecule has 0 saturated heterocycles. The van der Waals surface area contributed by atoms with E-state index in [1.165, 1.54) is 25.1 Å². The molecule has 0 atom stereocenters. The highest BCUT2D eigenvalue weighted by Gasteiger charge is 2.05. The van der Waals surface area contributed by atoms with Crippen LogP contribution in [0.25, 0.3) is 0 Å².